The summed E-state index contributed by atoms with van der Waals surface area (Å²) in [6.07, 6.45) is -0.0443. The van der Waals surface area contributed by atoms with E-state index in [-0.39, 0.29) is 13.0 Å². The molecule has 0 atom stereocenters. The van der Waals surface area contributed by atoms with Gasteiger partial charge in [0, 0.05) is 5.39 Å². The molecule has 0 spiro atoms. The third-order valence-electron chi connectivity index (χ3n) is 2.96. The SMILES string of the molecule is Cc1ccc2oc(-c3nnnn3CCC(=O)O)cc2c1. The molecule has 0 amide bonds. The minimum absolute atomic E-state index is 0.0443. The van der Waals surface area contributed by atoms with Crippen molar-refractivity contribution in [3.63, 3.8) is 0 Å². The lowest BCUT2D eigenvalue weighted by atomic mass is 10.2. The zero-order valence-corrected chi connectivity index (χ0v) is 10.8. The van der Waals surface area contributed by atoms with E-state index in [1.54, 1.807) is 0 Å². The first-order chi connectivity index (χ1) is 9.63. The van der Waals surface area contributed by atoms with Gasteiger partial charge in [0.2, 0.25) is 5.82 Å². The minimum Gasteiger partial charge on any atom is -0.481 e. The Bertz CT molecular complexity index is 775. The van der Waals surface area contributed by atoms with Gasteiger partial charge in [-0.25, -0.2) is 4.68 Å². The van der Waals surface area contributed by atoms with E-state index in [0.717, 1.165) is 16.5 Å². The summed E-state index contributed by atoms with van der Waals surface area (Å²) in [5.74, 6) is 0.0628. The van der Waals surface area contributed by atoms with E-state index in [2.05, 4.69) is 15.5 Å². The van der Waals surface area contributed by atoms with Crippen molar-refractivity contribution in [2.45, 2.75) is 19.9 Å². The predicted molar refractivity (Wildman–Crippen MR) is 70.0 cm³/mol. The van der Waals surface area contributed by atoms with Crippen molar-refractivity contribution in [2.24, 2.45) is 0 Å². The number of nitrogens with zero attached hydrogens (tertiary/aromatic N) is 4. The summed E-state index contributed by atoms with van der Waals surface area (Å²) in [5.41, 5.74) is 1.88. The molecule has 0 aliphatic carbocycles. The summed E-state index contributed by atoms with van der Waals surface area (Å²) in [6.45, 7) is 2.21. The van der Waals surface area contributed by atoms with Crippen molar-refractivity contribution in [3.05, 3.63) is 29.8 Å². The van der Waals surface area contributed by atoms with Crippen LogP contribution < -0.4 is 0 Å². The van der Waals surface area contributed by atoms with Gasteiger partial charge >= 0.3 is 5.97 Å². The van der Waals surface area contributed by atoms with Crippen LogP contribution in [0.3, 0.4) is 0 Å². The number of carboxylic acid groups (broad SMARTS) is 1. The third kappa shape index (κ3) is 2.25. The van der Waals surface area contributed by atoms with E-state index in [1.807, 2.05) is 31.2 Å². The molecular formula is C13H12N4O3. The van der Waals surface area contributed by atoms with Gasteiger partial charge in [0.05, 0.1) is 13.0 Å². The molecule has 0 aliphatic heterocycles. The number of carbonyl (C=O) groups is 1. The van der Waals surface area contributed by atoms with Crippen molar-refractivity contribution in [3.8, 4) is 11.6 Å². The number of rotatable bonds is 4. The van der Waals surface area contributed by atoms with Gasteiger partial charge in [-0.05, 0) is 35.5 Å². The Morgan fingerprint density at radius 1 is 1.40 bits per heavy atom. The summed E-state index contributed by atoms with van der Waals surface area (Å²) in [5, 5.41) is 20.9. The molecule has 20 heavy (non-hydrogen) atoms. The van der Waals surface area contributed by atoms with Gasteiger partial charge in [0.15, 0.2) is 5.76 Å². The second kappa shape index (κ2) is 4.76. The van der Waals surface area contributed by atoms with Crippen LogP contribution in [0.2, 0.25) is 0 Å². The number of aliphatic carboxylic acids is 1. The Balaban J connectivity index is 1.98. The molecule has 0 saturated carbocycles. The first kappa shape index (κ1) is 12.3. The maximum absolute atomic E-state index is 10.6. The van der Waals surface area contributed by atoms with Crippen LogP contribution in [0.15, 0.2) is 28.7 Å². The second-order valence-electron chi connectivity index (χ2n) is 4.52. The van der Waals surface area contributed by atoms with Crippen molar-refractivity contribution < 1.29 is 14.3 Å². The van der Waals surface area contributed by atoms with Gasteiger partial charge in [-0.2, -0.15) is 0 Å². The lowest BCUT2D eigenvalue weighted by molar-refractivity contribution is -0.137. The highest BCUT2D eigenvalue weighted by Gasteiger charge is 2.14. The standard InChI is InChI=1S/C13H12N4O3/c1-8-2-3-10-9(6-8)7-11(20-10)13-14-15-16-17(13)5-4-12(18)19/h2-3,6-7H,4-5H2,1H3,(H,18,19). The van der Waals surface area contributed by atoms with Gasteiger partial charge in [-0.1, -0.05) is 11.6 Å². The quantitative estimate of drug-likeness (QED) is 0.779. The molecule has 0 radical (unpaired) electrons. The Morgan fingerprint density at radius 3 is 3.05 bits per heavy atom. The van der Waals surface area contributed by atoms with E-state index in [1.165, 1.54) is 4.68 Å². The first-order valence-electron chi connectivity index (χ1n) is 6.12. The van der Waals surface area contributed by atoms with Gasteiger partial charge in [0.25, 0.3) is 0 Å². The minimum atomic E-state index is -0.897. The zero-order valence-electron chi connectivity index (χ0n) is 10.8. The molecule has 2 aromatic heterocycles. The summed E-state index contributed by atoms with van der Waals surface area (Å²) < 4.78 is 7.13. The predicted octanol–water partition coefficient (Wildman–Crippen LogP) is 1.87. The topological polar surface area (TPSA) is 94.0 Å². The van der Waals surface area contributed by atoms with Crippen LogP contribution in [0.4, 0.5) is 0 Å². The Labute approximate surface area is 113 Å². The van der Waals surface area contributed by atoms with Crippen LogP contribution in [-0.2, 0) is 11.3 Å². The van der Waals surface area contributed by atoms with Crippen LogP contribution in [-0.4, -0.2) is 31.3 Å². The van der Waals surface area contributed by atoms with Crippen LogP contribution >= 0.6 is 0 Å². The van der Waals surface area contributed by atoms with Crippen molar-refractivity contribution >= 4 is 16.9 Å². The Morgan fingerprint density at radius 2 is 2.25 bits per heavy atom. The molecule has 102 valence electrons. The lowest BCUT2D eigenvalue weighted by Crippen LogP contribution is -2.07. The Kier molecular flexibility index (Phi) is 2.94. The average Bonchev–Trinajstić information content (AvgIpc) is 3.01. The molecule has 0 fully saturated rings. The van der Waals surface area contributed by atoms with Crippen LogP contribution in [0.25, 0.3) is 22.6 Å². The van der Waals surface area contributed by atoms with E-state index in [0.29, 0.717) is 11.6 Å². The number of tetrazole rings is 1. The monoisotopic (exact) mass is 272 g/mol. The Hall–Kier alpha value is -2.70. The fourth-order valence-electron chi connectivity index (χ4n) is 2.01. The summed E-state index contributed by atoms with van der Waals surface area (Å²) in [4.78, 5) is 10.6. The lowest BCUT2D eigenvalue weighted by Gasteiger charge is -1.99. The molecule has 7 nitrogen and oxygen atoms in total. The zero-order chi connectivity index (χ0) is 14.1. The van der Waals surface area contributed by atoms with E-state index in [9.17, 15) is 4.79 Å². The number of carboxylic acids is 1. The normalized spacial score (nSPS) is 11.1. The molecule has 0 aliphatic rings. The third-order valence-corrected chi connectivity index (χ3v) is 2.96. The van der Waals surface area contributed by atoms with Crippen molar-refractivity contribution in [1.82, 2.24) is 20.2 Å². The number of aromatic nitrogens is 4. The average molecular weight is 272 g/mol. The van der Waals surface area contributed by atoms with E-state index in [4.69, 9.17) is 9.52 Å². The fourth-order valence-corrected chi connectivity index (χ4v) is 2.01. The molecule has 0 unspecified atom stereocenters. The molecule has 3 rings (SSSR count). The molecule has 3 aromatic rings. The van der Waals surface area contributed by atoms with Crippen LogP contribution in [0.5, 0.6) is 0 Å². The second-order valence-corrected chi connectivity index (χ2v) is 4.52. The van der Waals surface area contributed by atoms with Crippen molar-refractivity contribution in [1.29, 1.82) is 0 Å². The molecular weight excluding hydrogens is 260 g/mol. The van der Waals surface area contributed by atoms with Gasteiger partial charge in [-0.3, -0.25) is 4.79 Å². The number of aryl methyl sites for hydroxylation is 2. The van der Waals surface area contributed by atoms with Crippen LogP contribution in [0, 0.1) is 6.92 Å². The number of hydrogen-bond donors (Lipinski definition) is 1. The number of hydrogen-bond acceptors (Lipinski definition) is 5. The van der Waals surface area contributed by atoms with Gasteiger partial charge in [-0.15, -0.1) is 5.10 Å². The van der Waals surface area contributed by atoms with Gasteiger partial charge < -0.3 is 9.52 Å². The molecule has 1 N–H and O–H groups in total. The highest BCUT2D eigenvalue weighted by molar-refractivity contribution is 5.82. The number of benzene rings is 1. The largest absolute Gasteiger partial charge is 0.481 e. The molecule has 2 heterocycles. The summed E-state index contributed by atoms with van der Waals surface area (Å²) >= 11 is 0. The fraction of sp³-hybridized carbons (Fsp3) is 0.231. The van der Waals surface area contributed by atoms with E-state index < -0.39 is 5.97 Å². The molecule has 0 bridgehead atoms. The van der Waals surface area contributed by atoms with Gasteiger partial charge in [0.1, 0.15) is 5.58 Å². The summed E-state index contributed by atoms with van der Waals surface area (Å²) in [7, 11) is 0. The number of furan rings is 1. The number of fused-ring (bicyclic) bond motifs is 1. The smallest absolute Gasteiger partial charge is 0.305 e. The molecule has 7 heteroatoms. The summed E-state index contributed by atoms with van der Waals surface area (Å²) in [6, 6.07) is 7.71. The maximum atomic E-state index is 10.6. The highest BCUT2D eigenvalue weighted by atomic mass is 16.4. The first-order valence-corrected chi connectivity index (χ1v) is 6.12. The molecule has 0 saturated heterocycles. The van der Waals surface area contributed by atoms with Crippen molar-refractivity contribution in [2.75, 3.05) is 0 Å². The van der Waals surface area contributed by atoms with E-state index >= 15 is 0 Å². The highest BCUT2D eigenvalue weighted by Crippen LogP contribution is 2.26. The maximum Gasteiger partial charge on any atom is 0.305 e. The molecule has 1 aromatic carbocycles. The van der Waals surface area contributed by atoms with Crippen LogP contribution in [0.1, 0.15) is 12.0 Å².